The molecule has 7 heteroatoms. The van der Waals surface area contributed by atoms with E-state index in [1.165, 1.54) is 10.4 Å². The number of hydrogen-bond donors (Lipinski definition) is 2. The minimum atomic E-state index is -3.62. The smallest absolute Gasteiger partial charge is 0.251 e. The van der Waals surface area contributed by atoms with Gasteiger partial charge in [0.1, 0.15) is 5.75 Å². The largest absolute Gasteiger partial charge is 0.508 e. The highest BCUT2D eigenvalue weighted by Crippen LogP contribution is 2.21. The summed E-state index contributed by atoms with van der Waals surface area (Å²) in [5, 5.41) is 12.1. The number of rotatable bonds is 9. The van der Waals surface area contributed by atoms with E-state index in [4.69, 9.17) is 0 Å². The van der Waals surface area contributed by atoms with Crippen molar-refractivity contribution in [1.82, 2.24) is 9.62 Å². The second-order valence-electron chi connectivity index (χ2n) is 6.60. The number of nitrogens with zero attached hydrogens (tertiary/aromatic N) is 1. The van der Waals surface area contributed by atoms with Crippen molar-refractivity contribution in [3.63, 3.8) is 0 Å². The van der Waals surface area contributed by atoms with Crippen LogP contribution >= 0.6 is 0 Å². The maximum absolute atomic E-state index is 12.8. The summed E-state index contributed by atoms with van der Waals surface area (Å²) >= 11 is 0. The third-order valence-electron chi connectivity index (χ3n) is 4.64. The second kappa shape index (κ2) is 9.71. The Morgan fingerprint density at radius 1 is 1.07 bits per heavy atom. The van der Waals surface area contributed by atoms with E-state index < -0.39 is 10.0 Å². The molecule has 0 fully saturated rings. The van der Waals surface area contributed by atoms with Gasteiger partial charge in [-0.05, 0) is 55.2 Å². The van der Waals surface area contributed by atoms with Gasteiger partial charge in [0.2, 0.25) is 10.0 Å². The van der Waals surface area contributed by atoms with Gasteiger partial charge in [0.05, 0.1) is 4.90 Å². The fraction of sp³-hybridized carbons (Fsp3) is 0.381. The third-order valence-corrected chi connectivity index (χ3v) is 6.83. The van der Waals surface area contributed by atoms with Crippen molar-refractivity contribution >= 4 is 15.9 Å². The lowest BCUT2D eigenvalue weighted by Crippen LogP contribution is -2.31. The minimum absolute atomic E-state index is 0.174. The van der Waals surface area contributed by atoms with Crippen LogP contribution in [-0.4, -0.2) is 43.4 Å². The maximum Gasteiger partial charge on any atom is 0.251 e. The molecule has 0 unspecified atom stereocenters. The number of nitrogens with one attached hydrogen (secondary N) is 1. The number of carbonyl (C=O) groups excluding carboxylic acids is 1. The molecule has 152 valence electrons. The molecule has 0 aliphatic carbocycles. The Hall–Kier alpha value is -2.38. The summed E-state index contributed by atoms with van der Waals surface area (Å²) in [5.41, 5.74) is 2.03. The van der Waals surface area contributed by atoms with Crippen molar-refractivity contribution in [2.75, 3.05) is 19.6 Å². The molecule has 0 radical (unpaired) electrons. The first kappa shape index (κ1) is 21.9. The van der Waals surface area contributed by atoms with Crippen LogP contribution in [0.5, 0.6) is 5.75 Å². The molecular formula is C21H28N2O4S. The average molecular weight is 405 g/mol. The topological polar surface area (TPSA) is 86.7 Å². The van der Waals surface area contributed by atoms with Crippen molar-refractivity contribution in [1.29, 1.82) is 0 Å². The Balaban J connectivity index is 2.02. The molecule has 0 saturated carbocycles. The summed E-state index contributed by atoms with van der Waals surface area (Å²) in [6.07, 6.45) is 1.52. The van der Waals surface area contributed by atoms with Crippen LogP contribution in [0.4, 0.5) is 0 Å². The van der Waals surface area contributed by atoms with E-state index in [-0.39, 0.29) is 16.6 Å². The zero-order valence-corrected chi connectivity index (χ0v) is 17.4. The Kier molecular flexibility index (Phi) is 7.60. The van der Waals surface area contributed by atoms with Gasteiger partial charge in [-0.15, -0.1) is 0 Å². The van der Waals surface area contributed by atoms with E-state index in [9.17, 15) is 18.3 Å². The molecule has 2 aromatic carbocycles. The molecule has 2 rings (SSSR count). The first-order valence-electron chi connectivity index (χ1n) is 9.46. The monoisotopic (exact) mass is 404 g/mol. The van der Waals surface area contributed by atoms with Crippen molar-refractivity contribution in [2.24, 2.45) is 0 Å². The normalized spacial score (nSPS) is 11.6. The number of sulfonamides is 1. The number of benzene rings is 2. The SMILES string of the molecule is CCN(CC)S(=O)(=O)c1cc(C(=O)NCCCc2ccc(O)cc2)ccc1C. The van der Waals surface area contributed by atoms with Crippen LogP contribution in [0.1, 0.15) is 41.8 Å². The number of aryl methyl sites for hydroxylation is 2. The first-order valence-corrected chi connectivity index (χ1v) is 10.9. The molecule has 2 aromatic rings. The third kappa shape index (κ3) is 5.33. The Morgan fingerprint density at radius 2 is 1.71 bits per heavy atom. The molecule has 0 aliphatic heterocycles. The van der Waals surface area contributed by atoms with Crippen LogP contribution in [-0.2, 0) is 16.4 Å². The van der Waals surface area contributed by atoms with Gasteiger partial charge in [-0.3, -0.25) is 4.79 Å². The summed E-state index contributed by atoms with van der Waals surface area (Å²) in [7, 11) is -3.62. The Morgan fingerprint density at radius 3 is 2.32 bits per heavy atom. The number of carbonyl (C=O) groups is 1. The van der Waals surface area contributed by atoms with Crippen LogP contribution in [0.2, 0.25) is 0 Å². The molecule has 0 bridgehead atoms. The zero-order valence-electron chi connectivity index (χ0n) is 16.6. The van der Waals surface area contributed by atoms with Crippen molar-refractivity contribution in [2.45, 2.75) is 38.5 Å². The van der Waals surface area contributed by atoms with Gasteiger partial charge in [0.15, 0.2) is 0 Å². The minimum Gasteiger partial charge on any atom is -0.508 e. The number of phenolic OH excluding ortho intramolecular Hbond substituents is 1. The van der Waals surface area contributed by atoms with Crippen LogP contribution in [0.15, 0.2) is 47.4 Å². The molecule has 0 atom stereocenters. The van der Waals surface area contributed by atoms with Crippen LogP contribution in [0.3, 0.4) is 0 Å². The number of aromatic hydroxyl groups is 1. The van der Waals surface area contributed by atoms with Crippen LogP contribution < -0.4 is 5.32 Å². The van der Waals surface area contributed by atoms with Crippen molar-refractivity contribution in [3.8, 4) is 5.75 Å². The van der Waals surface area contributed by atoms with Crippen LogP contribution in [0.25, 0.3) is 0 Å². The summed E-state index contributed by atoms with van der Waals surface area (Å²) in [5.74, 6) is -0.0615. The fourth-order valence-electron chi connectivity index (χ4n) is 2.98. The van der Waals surface area contributed by atoms with E-state index in [1.807, 2.05) is 12.1 Å². The highest BCUT2D eigenvalue weighted by atomic mass is 32.2. The fourth-order valence-corrected chi connectivity index (χ4v) is 4.69. The lowest BCUT2D eigenvalue weighted by atomic mass is 10.1. The zero-order chi connectivity index (χ0) is 20.7. The predicted octanol–water partition coefficient (Wildman–Crippen LogP) is 3.09. The average Bonchev–Trinajstić information content (AvgIpc) is 2.67. The molecule has 28 heavy (non-hydrogen) atoms. The maximum atomic E-state index is 12.8. The molecule has 0 aromatic heterocycles. The van der Waals surface area contributed by atoms with Gasteiger partial charge < -0.3 is 10.4 Å². The first-order chi connectivity index (χ1) is 13.3. The van der Waals surface area contributed by atoms with Gasteiger partial charge in [-0.25, -0.2) is 8.42 Å². The van der Waals surface area contributed by atoms with Gasteiger partial charge in [0.25, 0.3) is 5.91 Å². The molecule has 2 N–H and O–H groups in total. The summed E-state index contributed by atoms with van der Waals surface area (Å²) in [6, 6.07) is 11.7. The lowest BCUT2D eigenvalue weighted by molar-refractivity contribution is 0.0953. The van der Waals surface area contributed by atoms with E-state index in [2.05, 4.69) is 5.32 Å². The highest BCUT2D eigenvalue weighted by Gasteiger charge is 2.24. The van der Waals surface area contributed by atoms with E-state index in [0.29, 0.717) is 30.8 Å². The molecule has 0 saturated heterocycles. The van der Waals surface area contributed by atoms with Crippen molar-refractivity contribution < 1.29 is 18.3 Å². The molecule has 1 amide bonds. The quantitative estimate of drug-likeness (QED) is 0.629. The number of phenols is 1. The highest BCUT2D eigenvalue weighted by molar-refractivity contribution is 7.89. The molecule has 0 spiro atoms. The second-order valence-corrected chi connectivity index (χ2v) is 8.50. The molecule has 0 heterocycles. The molecule has 0 aliphatic rings. The summed E-state index contributed by atoms with van der Waals surface area (Å²) < 4.78 is 27.0. The summed E-state index contributed by atoms with van der Waals surface area (Å²) in [4.78, 5) is 12.6. The van der Waals surface area contributed by atoms with Gasteiger partial charge in [-0.2, -0.15) is 4.31 Å². The Labute approximate surface area is 167 Å². The van der Waals surface area contributed by atoms with Crippen LogP contribution in [0, 0.1) is 6.92 Å². The molecular weight excluding hydrogens is 376 g/mol. The van der Waals surface area contributed by atoms with E-state index in [0.717, 1.165) is 18.4 Å². The number of amides is 1. The summed E-state index contributed by atoms with van der Waals surface area (Å²) in [6.45, 7) is 6.56. The predicted molar refractivity (Wildman–Crippen MR) is 110 cm³/mol. The van der Waals surface area contributed by atoms with Gasteiger partial charge in [0, 0.05) is 25.2 Å². The van der Waals surface area contributed by atoms with E-state index in [1.54, 1.807) is 45.0 Å². The van der Waals surface area contributed by atoms with Crippen molar-refractivity contribution in [3.05, 3.63) is 59.2 Å². The Bertz CT molecular complexity index is 905. The van der Waals surface area contributed by atoms with Gasteiger partial charge >= 0.3 is 0 Å². The standard InChI is InChI=1S/C21H28N2O4S/c1-4-23(5-2)28(26,27)20-15-18(11-8-16(20)3)21(25)22-14-6-7-17-9-12-19(24)13-10-17/h8-13,15,24H,4-7,14H2,1-3H3,(H,22,25). The number of hydrogen-bond acceptors (Lipinski definition) is 4. The van der Waals surface area contributed by atoms with E-state index >= 15 is 0 Å². The lowest BCUT2D eigenvalue weighted by Gasteiger charge is -2.20. The van der Waals surface area contributed by atoms with Gasteiger partial charge in [-0.1, -0.05) is 32.0 Å². The molecule has 6 nitrogen and oxygen atoms in total.